The van der Waals surface area contributed by atoms with Gasteiger partial charge in [-0.2, -0.15) is 0 Å². The van der Waals surface area contributed by atoms with Gasteiger partial charge < -0.3 is 19.3 Å². The number of carbonyl (C=O) groups excluding carboxylic acids is 3. The first-order valence-corrected chi connectivity index (χ1v) is 9.13. The van der Waals surface area contributed by atoms with Crippen molar-refractivity contribution in [1.29, 1.82) is 0 Å². The normalized spacial score (nSPS) is 10.9. The van der Waals surface area contributed by atoms with Crippen LogP contribution >= 0.6 is 0 Å². The molecular weight excluding hydrogens is 378 g/mol. The third-order valence-electron chi connectivity index (χ3n) is 3.73. The van der Waals surface area contributed by atoms with Gasteiger partial charge in [0.1, 0.15) is 12.3 Å². The highest BCUT2D eigenvalue weighted by atomic mass is 16.5. The van der Waals surface area contributed by atoms with Crippen LogP contribution in [0.4, 0.5) is 5.88 Å². The third kappa shape index (κ3) is 6.63. The van der Waals surface area contributed by atoms with Gasteiger partial charge in [-0.05, 0) is 19.1 Å². The molecule has 1 heterocycles. The van der Waals surface area contributed by atoms with Crippen molar-refractivity contribution in [2.45, 2.75) is 33.1 Å². The van der Waals surface area contributed by atoms with Crippen LogP contribution in [0.3, 0.4) is 0 Å². The maximum atomic E-state index is 12.2. The van der Waals surface area contributed by atoms with Crippen LogP contribution in [0.2, 0.25) is 0 Å². The van der Waals surface area contributed by atoms with Gasteiger partial charge in [-0.25, -0.2) is 0 Å². The standard InChI is InChI=1S/C20H25N3O6/c1-5-27-14-9-7-6-8-13(14)19(26)21-11-18(25)28-12-16(24)22-17-10-15(23-29-17)20(2,3)4/h6-10H,5,11-12H2,1-4H3,(H,21,26)(H,22,24). The van der Waals surface area contributed by atoms with Gasteiger partial charge in [-0.1, -0.05) is 38.1 Å². The van der Waals surface area contributed by atoms with Crippen LogP contribution in [0.15, 0.2) is 34.9 Å². The van der Waals surface area contributed by atoms with Crippen LogP contribution in [0, 0.1) is 0 Å². The van der Waals surface area contributed by atoms with E-state index in [1.54, 1.807) is 37.3 Å². The summed E-state index contributed by atoms with van der Waals surface area (Å²) in [5, 5.41) is 8.77. The Balaban J connectivity index is 1.77. The molecule has 0 radical (unpaired) electrons. The molecule has 2 rings (SSSR count). The molecule has 0 saturated heterocycles. The van der Waals surface area contributed by atoms with Crippen LogP contribution in [0.25, 0.3) is 0 Å². The molecule has 2 amide bonds. The highest BCUT2D eigenvalue weighted by Gasteiger charge is 2.20. The topological polar surface area (TPSA) is 120 Å². The summed E-state index contributed by atoms with van der Waals surface area (Å²) in [5.41, 5.74) is 0.762. The number of carbonyl (C=O) groups is 3. The summed E-state index contributed by atoms with van der Waals surface area (Å²) < 4.78 is 15.3. The molecule has 29 heavy (non-hydrogen) atoms. The van der Waals surface area contributed by atoms with Crippen molar-refractivity contribution in [3.05, 3.63) is 41.6 Å². The lowest BCUT2D eigenvalue weighted by molar-refractivity contribution is -0.146. The SMILES string of the molecule is CCOc1ccccc1C(=O)NCC(=O)OCC(=O)Nc1cc(C(C)(C)C)no1. The van der Waals surface area contributed by atoms with E-state index < -0.39 is 24.4 Å². The smallest absolute Gasteiger partial charge is 0.325 e. The van der Waals surface area contributed by atoms with Crippen LogP contribution in [0.1, 0.15) is 43.7 Å². The number of hydrogen-bond acceptors (Lipinski definition) is 7. The maximum Gasteiger partial charge on any atom is 0.325 e. The van der Waals surface area contributed by atoms with E-state index in [9.17, 15) is 14.4 Å². The van der Waals surface area contributed by atoms with Gasteiger partial charge >= 0.3 is 5.97 Å². The van der Waals surface area contributed by atoms with E-state index >= 15 is 0 Å². The summed E-state index contributed by atoms with van der Waals surface area (Å²) in [6, 6.07) is 8.29. The van der Waals surface area contributed by atoms with E-state index in [-0.39, 0.29) is 17.8 Å². The summed E-state index contributed by atoms with van der Waals surface area (Å²) >= 11 is 0. The van der Waals surface area contributed by atoms with Crippen LogP contribution in [-0.4, -0.2) is 42.7 Å². The molecular formula is C20H25N3O6. The third-order valence-corrected chi connectivity index (χ3v) is 3.73. The lowest BCUT2D eigenvalue weighted by Gasteiger charge is -2.12. The number of para-hydroxylation sites is 1. The largest absolute Gasteiger partial charge is 0.493 e. The first-order valence-electron chi connectivity index (χ1n) is 9.13. The van der Waals surface area contributed by atoms with E-state index in [0.717, 1.165) is 0 Å². The van der Waals surface area contributed by atoms with Crippen molar-refractivity contribution in [2.75, 3.05) is 25.1 Å². The van der Waals surface area contributed by atoms with Gasteiger partial charge in [0, 0.05) is 11.5 Å². The second kappa shape index (κ2) is 9.72. The van der Waals surface area contributed by atoms with Crippen LogP contribution in [-0.2, 0) is 19.7 Å². The lowest BCUT2D eigenvalue weighted by atomic mass is 9.92. The minimum atomic E-state index is -0.754. The average Bonchev–Trinajstić information content (AvgIpc) is 3.14. The second-order valence-electron chi connectivity index (χ2n) is 7.15. The highest BCUT2D eigenvalue weighted by Crippen LogP contribution is 2.23. The molecule has 0 spiro atoms. The zero-order valence-electron chi connectivity index (χ0n) is 16.9. The van der Waals surface area contributed by atoms with Gasteiger partial charge in [0.05, 0.1) is 17.9 Å². The van der Waals surface area contributed by atoms with Gasteiger partial charge in [-0.15, -0.1) is 0 Å². The summed E-state index contributed by atoms with van der Waals surface area (Å²) in [7, 11) is 0. The van der Waals surface area contributed by atoms with E-state index in [0.29, 0.717) is 23.6 Å². The number of ether oxygens (including phenoxy) is 2. The number of aromatic nitrogens is 1. The molecule has 0 unspecified atom stereocenters. The van der Waals surface area contributed by atoms with Crippen LogP contribution in [0.5, 0.6) is 5.75 Å². The molecule has 0 aliphatic rings. The first kappa shape index (κ1) is 21.9. The Morgan fingerprint density at radius 1 is 1.17 bits per heavy atom. The van der Waals surface area contributed by atoms with Gasteiger partial charge in [0.2, 0.25) is 5.88 Å². The van der Waals surface area contributed by atoms with Gasteiger partial charge in [-0.3, -0.25) is 19.7 Å². The van der Waals surface area contributed by atoms with Crippen molar-refractivity contribution >= 4 is 23.7 Å². The van der Waals surface area contributed by atoms with Crippen molar-refractivity contribution in [2.24, 2.45) is 0 Å². The maximum absolute atomic E-state index is 12.2. The fourth-order valence-corrected chi connectivity index (χ4v) is 2.24. The Labute approximate surface area is 168 Å². The molecule has 9 heteroatoms. The first-order chi connectivity index (χ1) is 13.7. The molecule has 2 aromatic rings. The number of nitrogens with one attached hydrogen (secondary N) is 2. The van der Waals surface area contributed by atoms with E-state index in [4.69, 9.17) is 14.0 Å². The number of benzene rings is 1. The monoisotopic (exact) mass is 403 g/mol. The summed E-state index contributed by atoms with van der Waals surface area (Å²) in [6.45, 7) is 7.18. The Bertz CT molecular complexity index is 869. The summed E-state index contributed by atoms with van der Waals surface area (Å²) in [6.07, 6.45) is 0. The Morgan fingerprint density at radius 2 is 1.90 bits per heavy atom. The molecule has 0 bridgehead atoms. The minimum Gasteiger partial charge on any atom is -0.493 e. The molecule has 0 saturated carbocycles. The minimum absolute atomic E-state index is 0.164. The lowest BCUT2D eigenvalue weighted by Crippen LogP contribution is -2.32. The van der Waals surface area contributed by atoms with Crippen molar-refractivity contribution in [3.8, 4) is 5.75 Å². The van der Waals surface area contributed by atoms with Crippen molar-refractivity contribution in [3.63, 3.8) is 0 Å². The Morgan fingerprint density at radius 3 is 2.55 bits per heavy atom. The van der Waals surface area contributed by atoms with Crippen molar-refractivity contribution < 1.29 is 28.4 Å². The number of esters is 1. The fourth-order valence-electron chi connectivity index (χ4n) is 2.24. The molecule has 0 atom stereocenters. The fraction of sp³-hybridized carbons (Fsp3) is 0.400. The zero-order valence-corrected chi connectivity index (χ0v) is 16.9. The number of rotatable bonds is 8. The summed E-state index contributed by atoms with van der Waals surface area (Å²) in [4.78, 5) is 35.9. The molecule has 1 aromatic carbocycles. The van der Waals surface area contributed by atoms with E-state index in [1.165, 1.54) is 0 Å². The van der Waals surface area contributed by atoms with Crippen molar-refractivity contribution in [1.82, 2.24) is 10.5 Å². The van der Waals surface area contributed by atoms with Gasteiger partial charge in [0.25, 0.3) is 11.8 Å². The Hall–Kier alpha value is -3.36. The van der Waals surface area contributed by atoms with Crippen LogP contribution < -0.4 is 15.4 Å². The quantitative estimate of drug-likeness (QED) is 0.649. The molecule has 156 valence electrons. The molecule has 9 nitrogen and oxygen atoms in total. The Kier molecular flexibility index (Phi) is 7.35. The highest BCUT2D eigenvalue weighted by molar-refractivity contribution is 5.98. The zero-order chi connectivity index (χ0) is 21.4. The average molecular weight is 403 g/mol. The number of anilines is 1. The predicted molar refractivity (Wildman–Crippen MR) is 105 cm³/mol. The molecule has 2 N–H and O–H groups in total. The molecule has 1 aromatic heterocycles. The van der Waals surface area contributed by atoms with Gasteiger partial charge in [0.15, 0.2) is 6.61 Å². The predicted octanol–water partition coefficient (Wildman–Crippen LogP) is 2.28. The van der Waals surface area contributed by atoms with E-state index in [1.807, 2.05) is 20.8 Å². The molecule has 0 aliphatic carbocycles. The van der Waals surface area contributed by atoms with E-state index in [2.05, 4.69) is 15.8 Å². The number of amides is 2. The molecule has 0 fully saturated rings. The molecule has 0 aliphatic heterocycles. The number of nitrogens with zero attached hydrogens (tertiary/aromatic N) is 1. The second-order valence-corrected chi connectivity index (χ2v) is 7.15. The number of hydrogen-bond donors (Lipinski definition) is 2. The summed E-state index contributed by atoms with van der Waals surface area (Å²) in [5.74, 6) is -1.23.